The van der Waals surface area contributed by atoms with Crippen LogP contribution in [-0.4, -0.2) is 23.2 Å². The summed E-state index contributed by atoms with van der Waals surface area (Å²) in [5.41, 5.74) is 6.65. The maximum atomic E-state index is 11.3. The number of primary amides is 1. The topological polar surface area (TPSA) is 75.3 Å². The van der Waals surface area contributed by atoms with Crippen LogP contribution in [0.15, 0.2) is 24.3 Å². The SMILES string of the molecule is CCC(C)(CCO)NCc1ccccc1C(N)=O. The summed E-state index contributed by atoms with van der Waals surface area (Å²) in [7, 11) is 0. The van der Waals surface area contributed by atoms with E-state index >= 15 is 0 Å². The van der Waals surface area contributed by atoms with E-state index in [4.69, 9.17) is 10.8 Å². The Labute approximate surface area is 108 Å². The smallest absolute Gasteiger partial charge is 0.249 e. The van der Waals surface area contributed by atoms with Crippen LogP contribution in [0.25, 0.3) is 0 Å². The highest BCUT2D eigenvalue weighted by Crippen LogP contribution is 2.16. The zero-order valence-corrected chi connectivity index (χ0v) is 11.1. The molecular formula is C14H22N2O2. The fraction of sp³-hybridized carbons (Fsp3) is 0.500. The molecule has 0 spiro atoms. The predicted molar refractivity (Wildman–Crippen MR) is 72.2 cm³/mol. The number of benzene rings is 1. The average Bonchev–Trinajstić information content (AvgIpc) is 2.37. The van der Waals surface area contributed by atoms with Crippen LogP contribution >= 0.6 is 0 Å². The number of nitrogens with one attached hydrogen (secondary N) is 1. The quantitative estimate of drug-likeness (QED) is 0.685. The van der Waals surface area contributed by atoms with E-state index in [1.165, 1.54) is 0 Å². The van der Waals surface area contributed by atoms with Crippen molar-refractivity contribution in [3.8, 4) is 0 Å². The van der Waals surface area contributed by atoms with Gasteiger partial charge in [-0.15, -0.1) is 0 Å². The second-order valence-electron chi connectivity index (χ2n) is 4.76. The van der Waals surface area contributed by atoms with E-state index in [-0.39, 0.29) is 12.1 Å². The first-order valence-corrected chi connectivity index (χ1v) is 6.26. The highest BCUT2D eigenvalue weighted by Gasteiger charge is 2.21. The summed E-state index contributed by atoms with van der Waals surface area (Å²) in [6.07, 6.45) is 1.59. The van der Waals surface area contributed by atoms with Crippen molar-refractivity contribution in [3.63, 3.8) is 0 Å². The molecule has 0 saturated carbocycles. The Kier molecular flexibility index (Phi) is 5.31. The van der Waals surface area contributed by atoms with Crippen LogP contribution in [-0.2, 0) is 6.54 Å². The van der Waals surface area contributed by atoms with Gasteiger partial charge < -0.3 is 16.2 Å². The lowest BCUT2D eigenvalue weighted by molar-refractivity contribution is 0.0999. The van der Waals surface area contributed by atoms with Crippen molar-refractivity contribution in [1.82, 2.24) is 5.32 Å². The van der Waals surface area contributed by atoms with Crippen molar-refractivity contribution < 1.29 is 9.90 Å². The van der Waals surface area contributed by atoms with Gasteiger partial charge in [-0.1, -0.05) is 25.1 Å². The normalized spacial score (nSPS) is 14.2. The minimum atomic E-state index is -0.409. The summed E-state index contributed by atoms with van der Waals surface area (Å²) >= 11 is 0. The van der Waals surface area contributed by atoms with Crippen molar-refractivity contribution in [2.75, 3.05) is 6.61 Å². The number of amides is 1. The molecule has 18 heavy (non-hydrogen) atoms. The van der Waals surface area contributed by atoms with Crippen LogP contribution in [0.1, 0.15) is 42.6 Å². The van der Waals surface area contributed by atoms with E-state index in [9.17, 15) is 4.79 Å². The Morgan fingerprint density at radius 3 is 2.67 bits per heavy atom. The Morgan fingerprint density at radius 1 is 1.44 bits per heavy atom. The van der Waals surface area contributed by atoms with Crippen LogP contribution in [0, 0.1) is 0 Å². The Bertz CT molecular complexity index is 407. The first-order chi connectivity index (χ1) is 8.52. The van der Waals surface area contributed by atoms with E-state index in [0.29, 0.717) is 18.5 Å². The predicted octanol–water partition coefficient (Wildman–Crippen LogP) is 1.43. The summed E-state index contributed by atoms with van der Waals surface area (Å²) < 4.78 is 0. The molecule has 0 aliphatic carbocycles. The lowest BCUT2D eigenvalue weighted by Gasteiger charge is -2.29. The third-order valence-corrected chi connectivity index (χ3v) is 3.43. The highest BCUT2D eigenvalue weighted by molar-refractivity contribution is 5.94. The van der Waals surface area contributed by atoms with E-state index < -0.39 is 5.91 Å². The van der Waals surface area contributed by atoms with Crippen molar-refractivity contribution >= 4 is 5.91 Å². The minimum absolute atomic E-state index is 0.125. The summed E-state index contributed by atoms with van der Waals surface area (Å²) in [5, 5.41) is 12.4. The second kappa shape index (κ2) is 6.52. The minimum Gasteiger partial charge on any atom is -0.396 e. The van der Waals surface area contributed by atoms with Gasteiger partial charge in [0.2, 0.25) is 5.91 Å². The van der Waals surface area contributed by atoms with Crippen LogP contribution < -0.4 is 11.1 Å². The van der Waals surface area contributed by atoms with Crippen LogP contribution in [0.5, 0.6) is 0 Å². The zero-order chi connectivity index (χ0) is 13.6. The Hall–Kier alpha value is -1.39. The first kappa shape index (κ1) is 14.7. The standard InChI is InChI=1S/C14H22N2O2/c1-3-14(2,8-9-17)16-10-11-6-4-5-7-12(11)13(15)18/h4-7,16-17H,3,8-10H2,1-2H3,(H2,15,18). The maximum absolute atomic E-state index is 11.3. The average molecular weight is 250 g/mol. The van der Waals surface area contributed by atoms with Crippen LogP contribution in [0.4, 0.5) is 0 Å². The fourth-order valence-electron chi connectivity index (χ4n) is 1.86. The van der Waals surface area contributed by atoms with Gasteiger partial charge in [-0.25, -0.2) is 0 Å². The molecule has 0 radical (unpaired) electrons. The first-order valence-electron chi connectivity index (χ1n) is 6.26. The van der Waals surface area contributed by atoms with Gasteiger partial charge in [0.25, 0.3) is 0 Å². The van der Waals surface area contributed by atoms with Gasteiger partial charge in [0.15, 0.2) is 0 Å². The van der Waals surface area contributed by atoms with Gasteiger partial charge in [-0.2, -0.15) is 0 Å². The van der Waals surface area contributed by atoms with Crippen molar-refractivity contribution in [2.45, 2.75) is 38.8 Å². The number of aliphatic hydroxyl groups excluding tert-OH is 1. The number of carbonyl (C=O) groups is 1. The van der Waals surface area contributed by atoms with Crippen LogP contribution in [0.2, 0.25) is 0 Å². The number of nitrogens with two attached hydrogens (primary N) is 1. The molecule has 0 heterocycles. The molecule has 1 rings (SSSR count). The third kappa shape index (κ3) is 3.82. The lowest BCUT2D eigenvalue weighted by Crippen LogP contribution is -2.42. The lowest BCUT2D eigenvalue weighted by atomic mass is 9.94. The van der Waals surface area contributed by atoms with Crippen LogP contribution in [0.3, 0.4) is 0 Å². The molecule has 0 bridgehead atoms. The molecule has 4 heteroatoms. The molecule has 0 fully saturated rings. The molecule has 1 unspecified atom stereocenters. The molecule has 100 valence electrons. The summed E-state index contributed by atoms with van der Waals surface area (Å²) in [6.45, 7) is 4.86. The van der Waals surface area contributed by atoms with Gasteiger partial charge in [-0.3, -0.25) is 4.79 Å². The molecule has 0 saturated heterocycles. The number of hydrogen-bond acceptors (Lipinski definition) is 3. The zero-order valence-electron chi connectivity index (χ0n) is 11.1. The molecule has 1 amide bonds. The third-order valence-electron chi connectivity index (χ3n) is 3.43. The maximum Gasteiger partial charge on any atom is 0.249 e. The summed E-state index contributed by atoms with van der Waals surface area (Å²) in [4.78, 5) is 11.3. The second-order valence-corrected chi connectivity index (χ2v) is 4.76. The van der Waals surface area contributed by atoms with Crippen molar-refractivity contribution in [3.05, 3.63) is 35.4 Å². The summed E-state index contributed by atoms with van der Waals surface area (Å²) in [6, 6.07) is 7.31. The number of rotatable bonds is 7. The highest BCUT2D eigenvalue weighted by atomic mass is 16.3. The van der Waals surface area contributed by atoms with E-state index in [1.54, 1.807) is 12.1 Å². The molecular weight excluding hydrogens is 228 g/mol. The Balaban J connectivity index is 2.76. The molecule has 0 aromatic heterocycles. The molecule has 0 aliphatic heterocycles. The molecule has 4 nitrogen and oxygen atoms in total. The van der Waals surface area contributed by atoms with Crippen molar-refractivity contribution in [2.24, 2.45) is 5.73 Å². The van der Waals surface area contributed by atoms with Crippen molar-refractivity contribution in [1.29, 1.82) is 0 Å². The van der Waals surface area contributed by atoms with E-state index in [0.717, 1.165) is 12.0 Å². The fourth-order valence-corrected chi connectivity index (χ4v) is 1.86. The van der Waals surface area contributed by atoms with E-state index in [1.807, 2.05) is 12.1 Å². The summed E-state index contributed by atoms with van der Waals surface area (Å²) in [5.74, 6) is -0.409. The van der Waals surface area contributed by atoms with E-state index in [2.05, 4.69) is 19.2 Å². The molecule has 1 aromatic carbocycles. The molecule has 4 N–H and O–H groups in total. The number of carbonyl (C=O) groups excluding carboxylic acids is 1. The number of hydrogen-bond donors (Lipinski definition) is 3. The van der Waals surface area contributed by atoms with Gasteiger partial charge in [-0.05, 0) is 31.4 Å². The van der Waals surface area contributed by atoms with Gasteiger partial charge in [0.1, 0.15) is 0 Å². The molecule has 0 aliphatic rings. The molecule has 1 aromatic rings. The van der Waals surface area contributed by atoms with Gasteiger partial charge >= 0.3 is 0 Å². The van der Waals surface area contributed by atoms with Gasteiger partial charge in [0, 0.05) is 24.3 Å². The molecule has 1 atom stereocenters. The Morgan fingerprint density at radius 2 is 2.11 bits per heavy atom. The monoisotopic (exact) mass is 250 g/mol. The van der Waals surface area contributed by atoms with Gasteiger partial charge in [0.05, 0.1) is 0 Å². The number of aliphatic hydroxyl groups is 1. The largest absolute Gasteiger partial charge is 0.396 e.